The highest BCUT2D eigenvalue weighted by atomic mass is 16.4. The highest BCUT2D eigenvalue weighted by Crippen LogP contribution is 2.36. The van der Waals surface area contributed by atoms with Crippen molar-refractivity contribution in [3.8, 4) is 0 Å². The van der Waals surface area contributed by atoms with Crippen LogP contribution in [0.2, 0.25) is 0 Å². The molecule has 1 aliphatic carbocycles. The first-order valence-corrected chi connectivity index (χ1v) is 9.01. The molecule has 2 rings (SSSR count). The highest BCUT2D eigenvalue weighted by Gasteiger charge is 2.33. The van der Waals surface area contributed by atoms with E-state index in [2.05, 4.69) is 19.2 Å². The number of carbonyl (C=O) groups is 2. The molecule has 2 N–H and O–H groups in total. The van der Waals surface area contributed by atoms with E-state index < -0.39 is 11.9 Å². The Labute approximate surface area is 144 Å². The van der Waals surface area contributed by atoms with E-state index in [1.807, 2.05) is 31.2 Å². The molecule has 4 heteroatoms. The minimum atomic E-state index is -0.861. The van der Waals surface area contributed by atoms with Crippen molar-refractivity contribution < 1.29 is 14.7 Å². The number of benzene rings is 1. The number of nitrogens with one attached hydrogen (secondary N) is 1. The average molecular weight is 331 g/mol. The molecule has 1 aliphatic rings. The molecule has 2 atom stereocenters. The smallest absolute Gasteiger partial charge is 0.307 e. The van der Waals surface area contributed by atoms with Crippen LogP contribution < -0.4 is 5.32 Å². The van der Waals surface area contributed by atoms with Crippen LogP contribution in [-0.4, -0.2) is 17.0 Å². The number of rotatable bonds is 7. The lowest BCUT2D eigenvalue weighted by molar-refractivity contribution is -0.146. The van der Waals surface area contributed by atoms with Gasteiger partial charge in [0, 0.05) is 12.1 Å². The molecule has 0 saturated heterocycles. The van der Waals surface area contributed by atoms with E-state index in [9.17, 15) is 14.7 Å². The predicted molar refractivity (Wildman–Crippen MR) is 96.0 cm³/mol. The van der Waals surface area contributed by atoms with Crippen LogP contribution in [0, 0.1) is 17.8 Å². The van der Waals surface area contributed by atoms with Crippen LogP contribution >= 0.6 is 0 Å². The molecule has 1 saturated carbocycles. The lowest BCUT2D eigenvalue weighted by Gasteiger charge is -2.25. The van der Waals surface area contributed by atoms with Crippen LogP contribution in [0.4, 0.5) is 5.69 Å². The van der Waals surface area contributed by atoms with Crippen molar-refractivity contribution in [2.24, 2.45) is 17.8 Å². The van der Waals surface area contributed by atoms with Crippen molar-refractivity contribution in [3.05, 3.63) is 29.8 Å². The molecule has 2 unspecified atom stereocenters. The van der Waals surface area contributed by atoms with Crippen molar-refractivity contribution in [1.29, 1.82) is 0 Å². The number of hydrogen-bond donors (Lipinski definition) is 2. The van der Waals surface area contributed by atoms with Gasteiger partial charge in [-0.05, 0) is 35.4 Å². The van der Waals surface area contributed by atoms with E-state index in [0.717, 1.165) is 18.5 Å². The molecule has 0 spiro atoms. The van der Waals surface area contributed by atoms with Gasteiger partial charge in [-0.2, -0.15) is 0 Å². The SMILES string of the molecule is CC(C)c1ccc(NC(=O)CC(C(=O)O)C(C)C2CCCC2)cc1. The summed E-state index contributed by atoms with van der Waals surface area (Å²) in [6.07, 6.45) is 4.57. The van der Waals surface area contributed by atoms with Gasteiger partial charge >= 0.3 is 5.97 Å². The fourth-order valence-corrected chi connectivity index (χ4v) is 3.67. The fourth-order valence-electron chi connectivity index (χ4n) is 3.67. The van der Waals surface area contributed by atoms with Gasteiger partial charge < -0.3 is 10.4 Å². The summed E-state index contributed by atoms with van der Waals surface area (Å²) in [5.74, 6) is -0.769. The van der Waals surface area contributed by atoms with Crippen molar-refractivity contribution in [2.45, 2.75) is 58.8 Å². The Kier molecular flexibility index (Phi) is 6.41. The first-order valence-electron chi connectivity index (χ1n) is 9.01. The molecule has 1 aromatic rings. The van der Waals surface area contributed by atoms with Crippen LogP contribution in [0.1, 0.15) is 64.4 Å². The van der Waals surface area contributed by atoms with Gasteiger partial charge in [0.15, 0.2) is 0 Å². The van der Waals surface area contributed by atoms with Gasteiger partial charge in [-0.25, -0.2) is 0 Å². The third-order valence-electron chi connectivity index (χ3n) is 5.36. The molecular formula is C20H29NO3. The third-order valence-corrected chi connectivity index (χ3v) is 5.36. The standard InChI is InChI=1S/C20H29NO3/c1-13(2)15-8-10-17(11-9-15)21-19(22)12-18(20(23)24)14(3)16-6-4-5-7-16/h8-11,13-14,16,18H,4-7,12H2,1-3H3,(H,21,22)(H,23,24). The molecule has 0 heterocycles. The first kappa shape index (κ1) is 18.5. The number of carboxylic acid groups (broad SMARTS) is 1. The second-order valence-corrected chi connectivity index (χ2v) is 7.38. The van der Waals surface area contributed by atoms with Gasteiger partial charge in [0.05, 0.1) is 5.92 Å². The summed E-state index contributed by atoms with van der Waals surface area (Å²) in [7, 11) is 0. The second-order valence-electron chi connectivity index (χ2n) is 7.38. The van der Waals surface area contributed by atoms with Gasteiger partial charge in [-0.15, -0.1) is 0 Å². The topological polar surface area (TPSA) is 66.4 Å². The maximum atomic E-state index is 12.3. The molecular weight excluding hydrogens is 302 g/mol. The van der Waals surface area contributed by atoms with Crippen molar-refractivity contribution >= 4 is 17.6 Å². The van der Waals surface area contributed by atoms with Gasteiger partial charge in [0.1, 0.15) is 0 Å². The van der Waals surface area contributed by atoms with Crippen molar-refractivity contribution in [3.63, 3.8) is 0 Å². The maximum Gasteiger partial charge on any atom is 0.307 e. The number of aliphatic carboxylic acids is 1. The number of carboxylic acids is 1. The largest absolute Gasteiger partial charge is 0.481 e. The zero-order valence-corrected chi connectivity index (χ0v) is 14.9. The first-order chi connectivity index (χ1) is 11.4. The molecule has 0 radical (unpaired) electrons. The van der Waals surface area contributed by atoms with Crippen molar-refractivity contribution in [1.82, 2.24) is 0 Å². The van der Waals surface area contributed by atoms with Crippen LogP contribution in [0.15, 0.2) is 24.3 Å². The van der Waals surface area contributed by atoms with E-state index in [1.165, 1.54) is 18.4 Å². The number of carbonyl (C=O) groups excluding carboxylic acids is 1. The minimum absolute atomic E-state index is 0.0406. The normalized spacial score (nSPS) is 17.7. The van der Waals surface area contributed by atoms with Gasteiger partial charge in [0.25, 0.3) is 0 Å². The van der Waals surface area contributed by atoms with Crippen LogP contribution in [0.5, 0.6) is 0 Å². The third kappa shape index (κ3) is 4.83. The lowest BCUT2D eigenvalue weighted by Crippen LogP contribution is -2.30. The summed E-state index contributed by atoms with van der Waals surface area (Å²) >= 11 is 0. The summed E-state index contributed by atoms with van der Waals surface area (Å²) in [6, 6.07) is 7.75. The Bertz CT molecular complexity index is 559. The monoisotopic (exact) mass is 331 g/mol. The van der Waals surface area contributed by atoms with E-state index in [1.54, 1.807) is 0 Å². The molecule has 1 amide bonds. The van der Waals surface area contributed by atoms with Crippen molar-refractivity contribution in [2.75, 3.05) is 5.32 Å². The van der Waals surface area contributed by atoms with Crippen LogP contribution in [0.25, 0.3) is 0 Å². The van der Waals surface area contributed by atoms with E-state index in [4.69, 9.17) is 0 Å². The summed E-state index contributed by atoms with van der Waals surface area (Å²) in [6.45, 7) is 6.23. The summed E-state index contributed by atoms with van der Waals surface area (Å²) < 4.78 is 0. The maximum absolute atomic E-state index is 12.3. The number of hydrogen-bond acceptors (Lipinski definition) is 2. The Morgan fingerprint density at radius 3 is 2.21 bits per heavy atom. The zero-order valence-electron chi connectivity index (χ0n) is 14.9. The Balaban J connectivity index is 1.96. The highest BCUT2D eigenvalue weighted by molar-refractivity contribution is 5.93. The molecule has 1 fully saturated rings. The number of amides is 1. The molecule has 0 bridgehead atoms. The molecule has 0 aliphatic heterocycles. The molecule has 132 valence electrons. The van der Waals surface area contributed by atoms with E-state index >= 15 is 0 Å². The molecule has 1 aromatic carbocycles. The minimum Gasteiger partial charge on any atom is -0.481 e. The zero-order chi connectivity index (χ0) is 17.7. The quantitative estimate of drug-likeness (QED) is 0.763. The molecule has 4 nitrogen and oxygen atoms in total. The van der Waals surface area contributed by atoms with Gasteiger partial charge in [-0.3, -0.25) is 9.59 Å². The Hall–Kier alpha value is -1.84. The second kappa shape index (κ2) is 8.32. The molecule has 24 heavy (non-hydrogen) atoms. The summed E-state index contributed by atoms with van der Waals surface area (Å²) in [5, 5.41) is 12.4. The van der Waals surface area contributed by atoms with Crippen LogP contribution in [0.3, 0.4) is 0 Å². The van der Waals surface area contributed by atoms with E-state index in [0.29, 0.717) is 11.8 Å². The molecule has 0 aromatic heterocycles. The van der Waals surface area contributed by atoms with Crippen LogP contribution in [-0.2, 0) is 9.59 Å². The summed E-state index contributed by atoms with van der Waals surface area (Å²) in [4.78, 5) is 23.9. The Morgan fingerprint density at radius 1 is 1.12 bits per heavy atom. The van der Waals surface area contributed by atoms with Gasteiger partial charge in [-0.1, -0.05) is 58.6 Å². The predicted octanol–water partition coefficient (Wildman–Crippen LogP) is 4.67. The average Bonchev–Trinajstić information content (AvgIpc) is 3.06. The number of anilines is 1. The van der Waals surface area contributed by atoms with E-state index in [-0.39, 0.29) is 18.2 Å². The Morgan fingerprint density at radius 2 is 1.71 bits per heavy atom. The lowest BCUT2D eigenvalue weighted by atomic mass is 9.80. The summed E-state index contributed by atoms with van der Waals surface area (Å²) in [5.41, 5.74) is 1.94. The van der Waals surface area contributed by atoms with Gasteiger partial charge in [0.2, 0.25) is 5.91 Å². The fraction of sp³-hybridized carbons (Fsp3) is 0.600.